The minimum absolute atomic E-state index is 0.168. The van der Waals surface area contributed by atoms with Gasteiger partial charge in [0.25, 0.3) is 0 Å². The largest absolute Gasteiger partial charge is 0.367 e. The Kier molecular flexibility index (Phi) is 5.37. The zero-order valence-electron chi connectivity index (χ0n) is 12.2. The van der Waals surface area contributed by atoms with Crippen molar-refractivity contribution >= 4 is 11.8 Å². The van der Waals surface area contributed by atoms with Crippen LogP contribution in [0.5, 0.6) is 0 Å². The highest BCUT2D eigenvalue weighted by Crippen LogP contribution is 2.20. The molecule has 6 heteroatoms. The Morgan fingerprint density at radius 1 is 1.30 bits per heavy atom. The summed E-state index contributed by atoms with van der Waals surface area (Å²) in [5, 5.41) is 0. The van der Waals surface area contributed by atoms with E-state index in [1.165, 1.54) is 6.42 Å². The maximum absolute atomic E-state index is 12.4. The van der Waals surface area contributed by atoms with Gasteiger partial charge in [0.15, 0.2) is 0 Å². The number of carbonyl (C=O) groups excluding carboxylic acids is 2. The van der Waals surface area contributed by atoms with Crippen LogP contribution >= 0.6 is 0 Å². The van der Waals surface area contributed by atoms with Gasteiger partial charge >= 0.3 is 0 Å². The van der Waals surface area contributed by atoms with Crippen LogP contribution in [0.15, 0.2) is 0 Å². The van der Waals surface area contributed by atoms with Gasteiger partial charge in [0.2, 0.25) is 11.8 Å². The van der Waals surface area contributed by atoms with Crippen molar-refractivity contribution in [3.63, 3.8) is 0 Å². The van der Waals surface area contributed by atoms with Crippen molar-refractivity contribution in [2.24, 2.45) is 5.73 Å². The van der Waals surface area contributed by atoms with E-state index in [4.69, 9.17) is 10.5 Å². The molecule has 2 rings (SSSR count). The number of piperidine rings is 1. The van der Waals surface area contributed by atoms with Gasteiger partial charge in [-0.05, 0) is 25.7 Å². The van der Waals surface area contributed by atoms with Gasteiger partial charge in [-0.3, -0.25) is 14.5 Å². The van der Waals surface area contributed by atoms with Crippen LogP contribution < -0.4 is 5.73 Å². The third kappa shape index (κ3) is 3.70. The van der Waals surface area contributed by atoms with Crippen LogP contribution in [-0.2, 0) is 14.3 Å². The zero-order valence-corrected chi connectivity index (χ0v) is 12.2. The number of morpholine rings is 1. The molecule has 20 heavy (non-hydrogen) atoms. The summed E-state index contributed by atoms with van der Waals surface area (Å²) < 4.78 is 5.30. The first-order valence-electron chi connectivity index (χ1n) is 7.54. The quantitative estimate of drug-likeness (QED) is 0.786. The van der Waals surface area contributed by atoms with Crippen molar-refractivity contribution in [3.05, 3.63) is 0 Å². The average Bonchev–Trinajstić information content (AvgIpc) is 2.47. The van der Waals surface area contributed by atoms with Gasteiger partial charge in [0.1, 0.15) is 6.10 Å². The van der Waals surface area contributed by atoms with Gasteiger partial charge in [0, 0.05) is 25.7 Å². The predicted octanol–water partition coefficient (Wildman–Crippen LogP) is -0.0364. The molecule has 2 aliphatic rings. The molecule has 2 amide bonds. The van der Waals surface area contributed by atoms with Crippen LogP contribution in [0, 0.1) is 0 Å². The topological polar surface area (TPSA) is 75.9 Å². The second kappa shape index (κ2) is 7.04. The number of carbonyl (C=O) groups is 2. The van der Waals surface area contributed by atoms with Crippen molar-refractivity contribution in [3.8, 4) is 0 Å². The van der Waals surface area contributed by atoms with E-state index in [1.807, 2.05) is 9.80 Å². The van der Waals surface area contributed by atoms with Gasteiger partial charge in [-0.2, -0.15) is 0 Å². The van der Waals surface area contributed by atoms with Crippen molar-refractivity contribution in [1.82, 2.24) is 9.80 Å². The van der Waals surface area contributed by atoms with E-state index in [9.17, 15) is 9.59 Å². The van der Waals surface area contributed by atoms with Crippen molar-refractivity contribution in [2.75, 3.05) is 32.8 Å². The van der Waals surface area contributed by atoms with E-state index < -0.39 is 12.0 Å². The molecule has 2 N–H and O–H groups in total. The van der Waals surface area contributed by atoms with Gasteiger partial charge in [-0.1, -0.05) is 6.92 Å². The molecule has 114 valence electrons. The molecule has 0 aromatic rings. The van der Waals surface area contributed by atoms with Crippen LogP contribution in [0.2, 0.25) is 0 Å². The number of amides is 2. The Morgan fingerprint density at radius 3 is 2.80 bits per heavy atom. The lowest BCUT2D eigenvalue weighted by Gasteiger charge is -2.38. The molecule has 0 bridgehead atoms. The summed E-state index contributed by atoms with van der Waals surface area (Å²) in [6.07, 6.45) is 3.84. The first kappa shape index (κ1) is 15.3. The van der Waals surface area contributed by atoms with Crippen LogP contribution in [-0.4, -0.2) is 66.5 Å². The van der Waals surface area contributed by atoms with Gasteiger partial charge < -0.3 is 15.4 Å². The summed E-state index contributed by atoms with van der Waals surface area (Å²) >= 11 is 0. The number of hydrogen-bond acceptors (Lipinski definition) is 4. The fourth-order valence-corrected chi connectivity index (χ4v) is 3.05. The number of primary amides is 1. The number of rotatable bonds is 4. The van der Waals surface area contributed by atoms with Crippen molar-refractivity contribution < 1.29 is 14.3 Å². The van der Waals surface area contributed by atoms with E-state index in [2.05, 4.69) is 6.92 Å². The molecule has 0 aromatic carbocycles. The molecule has 2 fully saturated rings. The van der Waals surface area contributed by atoms with Crippen LogP contribution in [0.1, 0.15) is 32.6 Å². The third-order valence-corrected chi connectivity index (χ3v) is 4.25. The maximum Gasteiger partial charge on any atom is 0.247 e. The zero-order chi connectivity index (χ0) is 14.5. The number of ether oxygens (including phenoxy) is 1. The molecular formula is C14H25N3O3. The second-order valence-corrected chi connectivity index (χ2v) is 5.64. The van der Waals surface area contributed by atoms with E-state index in [-0.39, 0.29) is 5.91 Å². The summed E-state index contributed by atoms with van der Waals surface area (Å²) in [5.41, 5.74) is 5.26. The summed E-state index contributed by atoms with van der Waals surface area (Å²) in [7, 11) is 0. The molecule has 2 atom stereocenters. The minimum atomic E-state index is -0.583. The van der Waals surface area contributed by atoms with Crippen molar-refractivity contribution in [1.29, 1.82) is 0 Å². The molecule has 0 saturated carbocycles. The molecule has 0 radical (unpaired) electrons. The normalized spacial score (nSPS) is 28.4. The lowest BCUT2D eigenvalue weighted by Crippen LogP contribution is -2.53. The summed E-state index contributed by atoms with van der Waals surface area (Å²) in [6.45, 7) is 4.92. The van der Waals surface area contributed by atoms with Gasteiger partial charge in [0.05, 0.1) is 13.2 Å². The number of likely N-dealkylation sites (tertiary alicyclic amines) is 1. The van der Waals surface area contributed by atoms with Gasteiger partial charge in [-0.15, -0.1) is 0 Å². The Hall–Kier alpha value is -1.14. The van der Waals surface area contributed by atoms with E-state index in [1.54, 1.807) is 0 Å². The monoisotopic (exact) mass is 283 g/mol. The highest BCUT2D eigenvalue weighted by molar-refractivity contribution is 5.80. The first-order valence-corrected chi connectivity index (χ1v) is 7.54. The summed E-state index contributed by atoms with van der Waals surface area (Å²) in [4.78, 5) is 27.6. The first-order chi connectivity index (χ1) is 9.61. The Labute approximate surface area is 120 Å². The number of nitrogens with zero attached hydrogens (tertiary/aromatic N) is 2. The lowest BCUT2D eigenvalue weighted by atomic mass is 10.00. The molecule has 2 aliphatic heterocycles. The smallest absolute Gasteiger partial charge is 0.247 e. The predicted molar refractivity (Wildman–Crippen MR) is 75.0 cm³/mol. The number of hydrogen-bond donors (Lipinski definition) is 1. The Bertz CT molecular complexity index is 362. The van der Waals surface area contributed by atoms with Gasteiger partial charge in [-0.25, -0.2) is 0 Å². The van der Waals surface area contributed by atoms with Crippen molar-refractivity contribution in [2.45, 2.75) is 44.8 Å². The second-order valence-electron chi connectivity index (χ2n) is 5.64. The minimum Gasteiger partial charge on any atom is -0.367 e. The molecular weight excluding hydrogens is 258 g/mol. The Balaban J connectivity index is 1.88. The average molecular weight is 283 g/mol. The molecule has 0 aromatic heterocycles. The fraction of sp³-hybridized carbons (Fsp3) is 0.857. The highest BCUT2D eigenvalue weighted by Gasteiger charge is 2.30. The molecule has 2 heterocycles. The van der Waals surface area contributed by atoms with E-state index in [0.29, 0.717) is 32.3 Å². The molecule has 2 unspecified atom stereocenters. The SMILES string of the molecule is CCC1CCCCN1C(=O)CN1CCOC(C(N)=O)C1. The Morgan fingerprint density at radius 2 is 2.10 bits per heavy atom. The third-order valence-electron chi connectivity index (χ3n) is 4.25. The van der Waals surface area contributed by atoms with E-state index >= 15 is 0 Å². The molecule has 2 saturated heterocycles. The molecule has 0 spiro atoms. The maximum atomic E-state index is 12.4. The van der Waals surface area contributed by atoms with E-state index in [0.717, 1.165) is 25.8 Å². The van der Waals surface area contributed by atoms with Crippen LogP contribution in [0.3, 0.4) is 0 Å². The summed E-state index contributed by atoms with van der Waals surface area (Å²) in [5.74, 6) is -0.284. The highest BCUT2D eigenvalue weighted by atomic mass is 16.5. The molecule has 6 nitrogen and oxygen atoms in total. The number of nitrogens with two attached hydrogens (primary N) is 1. The standard InChI is InChI=1S/C14H25N3O3/c1-2-11-5-3-4-6-17(11)13(18)10-16-7-8-20-12(9-16)14(15)19/h11-12H,2-10H2,1H3,(H2,15,19). The lowest BCUT2D eigenvalue weighted by molar-refractivity contribution is -0.143. The fourth-order valence-electron chi connectivity index (χ4n) is 3.05. The van der Waals surface area contributed by atoms with Crippen LogP contribution in [0.4, 0.5) is 0 Å². The van der Waals surface area contributed by atoms with Crippen LogP contribution in [0.25, 0.3) is 0 Å². The summed E-state index contributed by atoms with van der Waals surface area (Å²) in [6, 6.07) is 0.379. The molecule has 0 aliphatic carbocycles.